The zero-order chi connectivity index (χ0) is 13.4. The van der Waals surface area contributed by atoms with Gasteiger partial charge in [0.25, 0.3) is 0 Å². The van der Waals surface area contributed by atoms with Crippen molar-refractivity contribution < 1.29 is 9.90 Å². The fourth-order valence-electron chi connectivity index (χ4n) is 2.60. The molecule has 0 spiro atoms. The smallest absolute Gasteiger partial charge is 0.312 e. The van der Waals surface area contributed by atoms with Crippen LogP contribution in [0.4, 0.5) is 0 Å². The molecule has 1 unspecified atom stereocenters. The first-order valence-electron chi connectivity index (χ1n) is 6.17. The van der Waals surface area contributed by atoms with E-state index in [1.54, 1.807) is 11.3 Å². The van der Waals surface area contributed by atoms with Crippen LogP contribution >= 0.6 is 22.9 Å². The normalized spacial score (nSPS) is 18.3. The lowest BCUT2D eigenvalue weighted by Gasteiger charge is -2.22. The molecule has 0 aliphatic carbocycles. The van der Waals surface area contributed by atoms with Gasteiger partial charge in [-0.3, -0.25) is 4.79 Å². The molecule has 3 heterocycles. The molecular formula is C13H13ClN2O2S. The summed E-state index contributed by atoms with van der Waals surface area (Å²) in [6.45, 7) is 0.805. The van der Waals surface area contributed by atoms with Crippen LogP contribution in [0.2, 0.25) is 5.15 Å². The molecule has 6 heteroatoms. The highest BCUT2D eigenvalue weighted by molar-refractivity contribution is 7.09. The summed E-state index contributed by atoms with van der Waals surface area (Å²) >= 11 is 7.82. The van der Waals surface area contributed by atoms with Gasteiger partial charge < -0.3 is 9.67 Å². The molecule has 1 atom stereocenters. The van der Waals surface area contributed by atoms with Crippen molar-refractivity contribution in [2.75, 3.05) is 0 Å². The molecule has 0 radical (unpaired) electrons. The number of fused-ring (bicyclic) bond motifs is 1. The lowest BCUT2D eigenvalue weighted by Crippen LogP contribution is -2.23. The van der Waals surface area contributed by atoms with Gasteiger partial charge in [0.2, 0.25) is 0 Å². The van der Waals surface area contributed by atoms with Gasteiger partial charge in [-0.05, 0) is 24.3 Å². The van der Waals surface area contributed by atoms with Crippen LogP contribution in [0.25, 0.3) is 0 Å². The van der Waals surface area contributed by atoms with Crippen molar-refractivity contribution >= 4 is 28.9 Å². The third-order valence-corrected chi connectivity index (χ3v) is 4.61. The molecule has 3 rings (SSSR count). The van der Waals surface area contributed by atoms with Crippen LogP contribution in [0.3, 0.4) is 0 Å². The maximum absolute atomic E-state index is 11.3. The monoisotopic (exact) mass is 296 g/mol. The number of thiophene rings is 1. The second kappa shape index (κ2) is 4.98. The van der Waals surface area contributed by atoms with E-state index in [2.05, 4.69) is 11.1 Å². The number of aromatic nitrogens is 2. The average Bonchev–Trinajstić information content (AvgIpc) is 2.99. The zero-order valence-corrected chi connectivity index (χ0v) is 11.7. The zero-order valence-electron chi connectivity index (χ0n) is 10.2. The molecule has 0 aromatic carbocycles. The first-order chi connectivity index (χ1) is 9.16. The van der Waals surface area contributed by atoms with E-state index in [1.807, 2.05) is 16.0 Å². The van der Waals surface area contributed by atoms with Gasteiger partial charge in [0.05, 0.1) is 5.69 Å². The summed E-state index contributed by atoms with van der Waals surface area (Å²) in [5.74, 6) is -0.468. The summed E-state index contributed by atoms with van der Waals surface area (Å²) in [4.78, 5) is 16.9. The van der Waals surface area contributed by atoms with Gasteiger partial charge in [-0.1, -0.05) is 17.7 Å². The molecule has 0 fully saturated rings. The third kappa shape index (κ3) is 2.28. The molecule has 1 aliphatic heterocycles. The minimum atomic E-state index is -0.814. The molecular weight excluding hydrogens is 284 g/mol. The molecule has 0 amide bonds. The predicted octanol–water partition coefficient (Wildman–Crippen LogP) is 3.15. The molecule has 2 aromatic rings. The van der Waals surface area contributed by atoms with Gasteiger partial charge in [0, 0.05) is 17.8 Å². The Balaban J connectivity index is 2.00. The Kier molecular flexibility index (Phi) is 3.33. The largest absolute Gasteiger partial charge is 0.481 e. The van der Waals surface area contributed by atoms with Crippen LogP contribution in [0.1, 0.15) is 35.2 Å². The highest BCUT2D eigenvalue weighted by Gasteiger charge is 2.31. The van der Waals surface area contributed by atoms with Gasteiger partial charge >= 0.3 is 5.97 Å². The fraction of sp³-hybridized carbons (Fsp3) is 0.385. The average molecular weight is 297 g/mol. The van der Waals surface area contributed by atoms with Crippen LogP contribution in [0.15, 0.2) is 17.5 Å². The van der Waals surface area contributed by atoms with Gasteiger partial charge in [-0.2, -0.15) is 0 Å². The van der Waals surface area contributed by atoms with Crippen molar-refractivity contribution in [1.29, 1.82) is 0 Å². The number of carbonyl (C=O) groups is 1. The van der Waals surface area contributed by atoms with Crippen LogP contribution in [0.5, 0.6) is 0 Å². The van der Waals surface area contributed by atoms with Crippen molar-refractivity contribution in [3.63, 3.8) is 0 Å². The third-order valence-electron chi connectivity index (χ3n) is 3.46. The maximum atomic E-state index is 11.3. The number of halogens is 1. The van der Waals surface area contributed by atoms with Crippen molar-refractivity contribution in [3.05, 3.63) is 39.1 Å². The summed E-state index contributed by atoms with van der Waals surface area (Å²) < 4.78 is 1.99. The van der Waals surface area contributed by atoms with E-state index in [-0.39, 0.29) is 0 Å². The molecule has 19 heavy (non-hydrogen) atoms. The molecule has 0 bridgehead atoms. The standard InChI is InChI=1S/C13H13ClN2O2S/c14-12-11-9(13(17)18)4-1-5-16(11)10(15-12)7-8-3-2-6-19-8/h2-3,6,9H,1,4-5,7H2,(H,17,18). The Morgan fingerprint density at radius 2 is 2.47 bits per heavy atom. The fourth-order valence-corrected chi connectivity index (χ4v) is 3.63. The van der Waals surface area contributed by atoms with E-state index >= 15 is 0 Å². The Hall–Kier alpha value is -1.33. The van der Waals surface area contributed by atoms with Crippen molar-refractivity contribution in [1.82, 2.24) is 9.55 Å². The minimum absolute atomic E-state index is 0.346. The number of hydrogen-bond acceptors (Lipinski definition) is 3. The van der Waals surface area contributed by atoms with E-state index < -0.39 is 11.9 Å². The minimum Gasteiger partial charge on any atom is -0.481 e. The van der Waals surface area contributed by atoms with Gasteiger partial charge in [-0.15, -0.1) is 11.3 Å². The second-order valence-corrected chi connectivity index (χ2v) is 6.04. The highest BCUT2D eigenvalue weighted by atomic mass is 35.5. The van der Waals surface area contributed by atoms with Gasteiger partial charge in [0.15, 0.2) is 5.15 Å². The first kappa shape index (κ1) is 12.7. The van der Waals surface area contributed by atoms with Crippen molar-refractivity contribution in [2.24, 2.45) is 0 Å². The molecule has 0 saturated carbocycles. The predicted molar refractivity (Wildman–Crippen MR) is 74.0 cm³/mol. The van der Waals surface area contributed by atoms with Crippen LogP contribution < -0.4 is 0 Å². The van der Waals surface area contributed by atoms with Crippen LogP contribution in [0, 0.1) is 0 Å². The Bertz CT molecular complexity index is 606. The van der Waals surface area contributed by atoms with Crippen molar-refractivity contribution in [2.45, 2.75) is 31.7 Å². The van der Waals surface area contributed by atoms with E-state index in [1.165, 1.54) is 4.88 Å². The number of carboxylic acids is 1. The Morgan fingerprint density at radius 1 is 1.63 bits per heavy atom. The lowest BCUT2D eigenvalue weighted by atomic mass is 9.96. The quantitative estimate of drug-likeness (QED) is 0.946. The van der Waals surface area contributed by atoms with Gasteiger partial charge in [-0.25, -0.2) is 4.98 Å². The topological polar surface area (TPSA) is 55.1 Å². The van der Waals surface area contributed by atoms with Crippen molar-refractivity contribution in [3.8, 4) is 0 Å². The number of carboxylic acid groups (broad SMARTS) is 1. The molecule has 0 saturated heterocycles. The summed E-state index contributed by atoms with van der Waals surface area (Å²) in [6, 6.07) is 4.05. The first-order valence-corrected chi connectivity index (χ1v) is 7.42. The highest BCUT2D eigenvalue weighted by Crippen LogP contribution is 2.34. The van der Waals surface area contributed by atoms with E-state index in [0.29, 0.717) is 23.7 Å². The van der Waals surface area contributed by atoms with Gasteiger partial charge in [0.1, 0.15) is 11.7 Å². The summed E-state index contributed by atoms with van der Waals surface area (Å²) in [5, 5.41) is 11.6. The van der Waals surface area contributed by atoms with E-state index in [9.17, 15) is 9.90 Å². The molecule has 1 aliphatic rings. The SMILES string of the molecule is O=C(O)C1CCCn2c(Cc3cccs3)nc(Cl)c21. The number of aliphatic carboxylic acids is 1. The number of rotatable bonds is 3. The summed E-state index contributed by atoms with van der Waals surface area (Å²) in [5.41, 5.74) is 0.673. The Morgan fingerprint density at radius 3 is 3.16 bits per heavy atom. The Labute approximate surface area is 119 Å². The number of nitrogens with zero attached hydrogens (tertiary/aromatic N) is 2. The van der Waals surface area contributed by atoms with E-state index in [4.69, 9.17) is 11.6 Å². The summed E-state index contributed by atoms with van der Waals surface area (Å²) in [6.07, 6.45) is 2.21. The molecule has 1 N–H and O–H groups in total. The molecule has 4 nitrogen and oxygen atoms in total. The lowest BCUT2D eigenvalue weighted by molar-refractivity contribution is -0.139. The van der Waals surface area contributed by atoms with E-state index in [0.717, 1.165) is 18.8 Å². The molecule has 100 valence electrons. The van der Waals surface area contributed by atoms with Crippen LogP contribution in [-0.4, -0.2) is 20.6 Å². The number of hydrogen-bond donors (Lipinski definition) is 1. The maximum Gasteiger partial charge on any atom is 0.312 e. The van der Waals surface area contributed by atoms with Crippen LogP contribution in [-0.2, 0) is 17.8 Å². The molecule has 2 aromatic heterocycles. The second-order valence-electron chi connectivity index (χ2n) is 4.64. The number of imidazole rings is 1. The summed E-state index contributed by atoms with van der Waals surface area (Å²) in [7, 11) is 0.